The number of methoxy groups -OCH3 is 1. The van der Waals surface area contributed by atoms with Gasteiger partial charge in [-0.3, -0.25) is 0 Å². The van der Waals surface area contributed by atoms with Gasteiger partial charge in [0.25, 0.3) is 0 Å². The third-order valence-corrected chi connectivity index (χ3v) is 3.73. The van der Waals surface area contributed by atoms with E-state index in [0.29, 0.717) is 5.17 Å². The third kappa shape index (κ3) is 3.98. The molecule has 0 atom stereocenters. The SMILES string of the molecule is COc1cccc(C=NC2=NN(c3ccc(F)cc3)C=CS2)c1. The highest BCUT2D eigenvalue weighted by atomic mass is 32.2. The monoisotopic (exact) mass is 327 g/mol. The van der Waals surface area contributed by atoms with Crippen LogP contribution in [0, 0.1) is 5.82 Å². The van der Waals surface area contributed by atoms with E-state index in [-0.39, 0.29) is 5.82 Å². The first kappa shape index (κ1) is 15.3. The van der Waals surface area contributed by atoms with Gasteiger partial charge in [0.2, 0.25) is 5.17 Å². The minimum absolute atomic E-state index is 0.274. The number of amidine groups is 1. The molecule has 0 amide bonds. The summed E-state index contributed by atoms with van der Waals surface area (Å²) in [7, 11) is 1.63. The van der Waals surface area contributed by atoms with Crippen molar-refractivity contribution in [1.82, 2.24) is 0 Å². The fourth-order valence-electron chi connectivity index (χ4n) is 1.94. The van der Waals surface area contributed by atoms with Crippen molar-refractivity contribution < 1.29 is 9.13 Å². The zero-order chi connectivity index (χ0) is 16.1. The van der Waals surface area contributed by atoms with Crippen LogP contribution >= 0.6 is 11.8 Å². The van der Waals surface area contributed by atoms with Crippen molar-refractivity contribution in [1.29, 1.82) is 0 Å². The molecule has 23 heavy (non-hydrogen) atoms. The number of benzene rings is 2. The molecule has 0 radical (unpaired) electrons. The van der Waals surface area contributed by atoms with Crippen molar-refractivity contribution in [3.05, 3.63) is 71.5 Å². The van der Waals surface area contributed by atoms with Crippen molar-refractivity contribution >= 4 is 28.8 Å². The van der Waals surface area contributed by atoms with E-state index < -0.39 is 0 Å². The number of aliphatic imine (C=N–C) groups is 1. The van der Waals surface area contributed by atoms with Crippen molar-refractivity contribution in [3.8, 4) is 5.75 Å². The van der Waals surface area contributed by atoms with Gasteiger partial charge < -0.3 is 4.74 Å². The van der Waals surface area contributed by atoms with Crippen LogP contribution in [0.15, 0.2) is 70.2 Å². The normalized spacial score (nSPS) is 14.2. The predicted octanol–water partition coefficient (Wildman–Crippen LogP) is 4.25. The molecular weight excluding hydrogens is 313 g/mol. The lowest BCUT2D eigenvalue weighted by Gasteiger charge is -2.17. The highest BCUT2D eigenvalue weighted by Crippen LogP contribution is 2.22. The van der Waals surface area contributed by atoms with E-state index in [9.17, 15) is 4.39 Å². The first-order chi connectivity index (χ1) is 11.2. The first-order valence-electron chi connectivity index (χ1n) is 6.89. The standard InChI is InChI=1S/C17H14FN3OS/c1-22-16-4-2-3-13(11-16)12-19-17-20-21(9-10-23-17)15-7-5-14(18)6-8-15/h2-12H,1H3. The summed E-state index contributed by atoms with van der Waals surface area (Å²) in [5.41, 5.74) is 1.70. The molecule has 0 fully saturated rings. The average molecular weight is 327 g/mol. The van der Waals surface area contributed by atoms with Crippen LogP contribution in [0.1, 0.15) is 5.56 Å². The molecule has 1 aliphatic heterocycles. The van der Waals surface area contributed by atoms with Crippen LogP contribution in [0.2, 0.25) is 0 Å². The second kappa shape index (κ2) is 7.11. The van der Waals surface area contributed by atoms with Crippen LogP contribution < -0.4 is 9.75 Å². The minimum Gasteiger partial charge on any atom is -0.497 e. The Balaban J connectivity index is 1.77. The van der Waals surface area contributed by atoms with Gasteiger partial charge in [-0.2, -0.15) is 0 Å². The number of hydrazone groups is 1. The molecule has 4 nitrogen and oxygen atoms in total. The summed E-state index contributed by atoms with van der Waals surface area (Å²) in [4.78, 5) is 4.39. The zero-order valence-electron chi connectivity index (χ0n) is 12.4. The Morgan fingerprint density at radius 2 is 2.04 bits per heavy atom. The fraction of sp³-hybridized carbons (Fsp3) is 0.0588. The smallest absolute Gasteiger partial charge is 0.211 e. The van der Waals surface area contributed by atoms with E-state index in [1.165, 1.54) is 23.9 Å². The van der Waals surface area contributed by atoms with Crippen LogP contribution in [-0.2, 0) is 0 Å². The average Bonchev–Trinajstić information content (AvgIpc) is 2.61. The second-order valence-electron chi connectivity index (χ2n) is 4.64. The number of hydrogen-bond donors (Lipinski definition) is 0. The van der Waals surface area contributed by atoms with Gasteiger partial charge in [-0.1, -0.05) is 23.9 Å². The van der Waals surface area contributed by atoms with Gasteiger partial charge in [0, 0.05) is 12.4 Å². The summed E-state index contributed by atoms with van der Waals surface area (Å²) in [5, 5.41) is 8.56. The van der Waals surface area contributed by atoms with E-state index in [1.54, 1.807) is 30.5 Å². The summed E-state index contributed by atoms with van der Waals surface area (Å²) in [6.45, 7) is 0. The molecule has 0 saturated heterocycles. The van der Waals surface area contributed by atoms with Gasteiger partial charge in [-0.05, 0) is 47.4 Å². The third-order valence-electron chi connectivity index (χ3n) is 3.08. The molecule has 6 heteroatoms. The summed E-state index contributed by atoms with van der Waals surface area (Å²) in [6.07, 6.45) is 3.54. The fourth-order valence-corrected chi connectivity index (χ4v) is 2.49. The Labute approximate surface area is 138 Å². The largest absolute Gasteiger partial charge is 0.497 e. The van der Waals surface area contributed by atoms with Crippen molar-refractivity contribution in [2.24, 2.45) is 10.1 Å². The number of anilines is 1. The minimum atomic E-state index is -0.274. The summed E-state index contributed by atoms with van der Waals surface area (Å²) in [6, 6.07) is 13.8. The lowest BCUT2D eigenvalue weighted by atomic mass is 10.2. The van der Waals surface area contributed by atoms with E-state index in [2.05, 4.69) is 10.1 Å². The molecule has 116 valence electrons. The predicted molar refractivity (Wildman–Crippen MR) is 93.6 cm³/mol. The molecule has 1 aliphatic rings. The van der Waals surface area contributed by atoms with E-state index in [0.717, 1.165) is 17.0 Å². The first-order valence-corrected chi connectivity index (χ1v) is 7.77. The Morgan fingerprint density at radius 1 is 1.22 bits per heavy atom. The Kier molecular flexibility index (Phi) is 4.73. The van der Waals surface area contributed by atoms with Crippen molar-refractivity contribution in [3.63, 3.8) is 0 Å². The lowest BCUT2D eigenvalue weighted by Crippen LogP contribution is -2.12. The van der Waals surface area contributed by atoms with Gasteiger partial charge in [0.05, 0.1) is 12.8 Å². The molecule has 1 heterocycles. The molecule has 0 bridgehead atoms. The Morgan fingerprint density at radius 3 is 2.83 bits per heavy atom. The molecule has 2 aromatic carbocycles. The highest BCUT2D eigenvalue weighted by Gasteiger charge is 2.08. The molecule has 0 saturated carbocycles. The number of ether oxygens (including phenoxy) is 1. The van der Waals surface area contributed by atoms with Crippen LogP contribution in [0.3, 0.4) is 0 Å². The molecule has 3 rings (SSSR count). The zero-order valence-corrected chi connectivity index (χ0v) is 13.2. The molecule has 0 aliphatic carbocycles. The number of rotatable bonds is 3. The van der Waals surface area contributed by atoms with Crippen LogP contribution in [-0.4, -0.2) is 18.5 Å². The van der Waals surface area contributed by atoms with Gasteiger partial charge in [-0.15, -0.1) is 5.10 Å². The lowest BCUT2D eigenvalue weighted by molar-refractivity contribution is 0.415. The Bertz CT molecular complexity index is 772. The molecular formula is C17H14FN3OS. The van der Waals surface area contributed by atoms with Gasteiger partial charge in [0.15, 0.2) is 0 Å². The highest BCUT2D eigenvalue weighted by molar-refractivity contribution is 8.16. The maximum absolute atomic E-state index is 13.0. The summed E-state index contributed by atoms with van der Waals surface area (Å²) in [5.74, 6) is 0.504. The number of nitrogens with zero attached hydrogens (tertiary/aromatic N) is 3. The van der Waals surface area contributed by atoms with Gasteiger partial charge in [-0.25, -0.2) is 14.4 Å². The summed E-state index contributed by atoms with van der Waals surface area (Å²) >= 11 is 1.42. The number of halogens is 1. The van der Waals surface area contributed by atoms with Crippen molar-refractivity contribution in [2.45, 2.75) is 0 Å². The quantitative estimate of drug-likeness (QED) is 0.791. The number of hydrogen-bond acceptors (Lipinski definition) is 5. The van der Waals surface area contributed by atoms with E-state index in [4.69, 9.17) is 4.74 Å². The molecule has 2 aromatic rings. The van der Waals surface area contributed by atoms with Crippen LogP contribution in [0.5, 0.6) is 5.75 Å². The Hall–Kier alpha value is -2.60. The van der Waals surface area contributed by atoms with Gasteiger partial charge >= 0.3 is 0 Å². The van der Waals surface area contributed by atoms with Crippen LogP contribution in [0.4, 0.5) is 10.1 Å². The molecule has 0 N–H and O–H groups in total. The maximum atomic E-state index is 13.0. The van der Waals surface area contributed by atoms with Gasteiger partial charge in [0.1, 0.15) is 11.6 Å². The second-order valence-corrected chi connectivity index (χ2v) is 5.51. The molecule has 0 unspecified atom stereocenters. The van der Waals surface area contributed by atoms with Crippen LogP contribution in [0.25, 0.3) is 0 Å². The summed E-state index contributed by atoms with van der Waals surface area (Å²) < 4.78 is 18.2. The van der Waals surface area contributed by atoms with E-state index >= 15 is 0 Å². The topological polar surface area (TPSA) is 37.2 Å². The maximum Gasteiger partial charge on any atom is 0.211 e. The molecule has 0 spiro atoms. The molecule has 0 aromatic heterocycles. The number of thioether (sulfide) groups is 1. The van der Waals surface area contributed by atoms with E-state index in [1.807, 2.05) is 35.9 Å². The van der Waals surface area contributed by atoms with Crippen molar-refractivity contribution in [2.75, 3.05) is 12.1 Å².